The molecule has 0 saturated heterocycles. The first kappa shape index (κ1) is 12.6. The summed E-state index contributed by atoms with van der Waals surface area (Å²) in [5.74, 6) is -0.646. The standard InChI is InChI=1S/C11H13FN2O2/c12-9-5-7(3-4-13)1-2-8(9)11(16)10(15)6-14/h1-2,5,10-11,15-16H,3,6,14H2. The summed E-state index contributed by atoms with van der Waals surface area (Å²) in [6.45, 7) is -0.152. The van der Waals surface area contributed by atoms with Crippen LogP contribution >= 0.6 is 0 Å². The van der Waals surface area contributed by atoms with Gasteiger partial charge in [-0.05, 0) is 11.6 Å². The highest BCUT2D eigenvalue weighted by atomic mass is 19.1. The fourth-order valence-corrected chi connectivity index (χ4v) is 1.35. The fourth-order valence-electron chi connectivity index (χ4n) is 1.35. The van der Waals surface area contributed by atoms with Crippen molar-refractivity contribution in [1.82, 2.24) is 0 Å². The molecule has 0 radical (unpaired) electrons. The van der Waals surface area contributed by atoms with E-state index in [4.69, 9.17) is 11.0 Å². The summed E-state index contributed by atoms with van der Waals surface area (Å²) in [4.78, 5) is 0. The topological polar surface area (TPSA) is 90.3 Å². The molecule has 1 aromatic carbocycles. The molecule has 0 heterocycles. The molecular weight excluding hydrogens is 211 g/mol. The van der Waals surface area contributed by atoms with Gasteiger partial charge in [-0.1, -0.05) is 12.1 Å². The van der Waals surface area contributed by atoms with Gasteiger partial charge < -0.3 is 15.9 Å². The Kier molecular flexibility index (Phi) is 4.38. The molecule has 4 nitrogen and oxygen atoms in total. The number of aliphatic hydroxyl groups is 2. The van der Waals surface area contributed by atoms with Crippen molar-refractivity contribution >= 4 is 0 Å². The van der Waals surface area contributed by atoms with Gasteiger partial charge in [0.25, 0.3) is 0 Å². The normalized spacial score (nSPS) is 14.2. The van der Waals surface area contributed by atoms with Gasteiger partial charge in [-0.15, -0.1) is 0 Å². The zero-order valence-corrected chi connectivity index (χ0v) is 8.60. The Morgan fingerprint density at radius 2 is 2.12 bits per heavy atom. The lowest BCUT2D eigenvalue weighted by Gasteiger charge is -2.17. The van der Waals surface area contributed by atoms with E-state index in [2.05, 4.69) is 0 Å². The van der Waals surface area contributed by atoms with Crippen molar-refractivity contribution in [2.75, 3.05) is 6.54 Å². The number of halogens is 1. The number of hydrogen-bond acceptors (Lipinski definition) is 4. The van der Waals surface area contributed by atoms with Crippen LogP contribution in [0.1, 0.15) is 17.2 Å². The van der Waals surface area contributed by atoms with E-state index in [0.29, 0.717) is 5.56 Å². The number of nitrogens with zero attached hydrogens (tertiary/aromatic N) is 1. The molecule has 0 spiro atoms. The lowest BCUT2D eigenvalue weighted by atomic mass is 10.0. The molecule has 0 aliphatic rings. The maximum absolute atomic E-state index is 13.5. The predicted octanol–water partition coefficient (Wildman–Crippen LogP) is 0.245. The lowest BCUT2D eigenvalue weighted by Crippen LogP contribution is -2.27. The van der Waals surface area contributed by atoms with E-state index >= 15 is 0 Å². The molecule has 4 N–H and O–H groups in total. The minimum atomic E-state index is -1.35. The van der Waals surface area contributed by atoms with E-state index in [-0.39, 0.29) is 18.5 Å². The fraction of sp³-hybridized carbons (Fsp3) is 0.364. The van der Waals surface area contributed by atoms with E-state index in [0.717, 1.165) is 0 Å². The van der Waals surface area contributed by atoms with E-state index < -0.39 is 18.0 Å². The van der Waals surface area contributed by atoms with E-state index in [1.807, 2.05) is 6.07 Å². The SMILES string of the molecule is N#CCc1ccc(C(O)C(O)CN)c(F)c1. The Hall–Kier alpha value is -1.48. The van der Waals surface area contributed by atoms with E-state index in [9.17, 15) is 14.6 Å². The number of rotatable bonds is 4. The highest BCUT2D eigenvalue weighted by Crippen LogP contribution is 2.21. The molecule has 0 aromatic heterocycles. The quantitative estimate of drug-likeness (QED) is 0.683. The molecule has 5 heteroatoms. The van der Waals surface area contributed by atoms with Crippen LogP contribution < -0.4 is 5.73 Å². The number of hydrogen-bond donors (Lipinski definition) is 3. The summed E-state index contributed by atoms with van der Waals surface area (Å²) >= 11 is 0. The number of nitriles is 1. The van der Waals surface area contributed by atoms with Crippen LogP contribution in [0.15, 0.2) is 18.2 Å². The first-order chi connectivity index (χ1) is 7.60. The monoisotopic (exact) mass is 224 g/mol. The maximum atomic E-state index is 13.5. The van der Waals surface area contributed by atoms with Gasteiger partial charge in [0, 0.05) is 12.1 Å². The van der Waals surface area contributed by atoms with Crippen molar-refractivity contribution in [3.05, 3.63) is 35.1 Å². The minimum Gasteiger partial charge on any atom is -0.389 e. The summed E-state index contributed by atoms with van der Waals surface area (Å²) in [6, 6.07) is 5.96. The number of aliphatic hydroxyl groups excluding tert-OH is 2. The smallest absolute Gasteiger partial charge is 0.129 e. The molecule has 1 rings (SSSR count). The van der Waals surface area contributed by atoms with Crippen LogP contribution in [0.4, 0.5) is 4.39 Å². The molecule has 2 unspecified atom stereocenters. The third-order valence-electron chi connectivity index (χ3n) is 2.27. The first-order valence-electron chi connectivity index (χ1n) is 4.81. The molecule has 86 valence electrons. The molecule has 0 amide bonds. The van der Waals surface area contributed by atoms with Crippen LogP contribution in [0.3, 0.4) is 0 Å². The Morgan fingerprint density at radius 1 is 1.44 bits per heavy atom. The zero-order chi connectivity index (χ0) is 12.1. The van der Waals surface area contributed by atoms with Gasteiger partial charge in [-0.25, -0.2) is 4.39 Å². The second-order valence-electron chi connectivity index (χ2n) is 3.44. The molecule has 1 aromatic rings. The van der Waals surface area contributed by atoms with Gasteiger partial charge in [0.15, 0.2) is 0 Å². The second kappa shape index (κ2) is 5.56. The molecule has 0 saturated carbocycles. The van der Waals surface area contributed by atoms with Crippen molar-refractivity contribution in [2.24, 2.45) is 5.73 Å². The largest absolute Gasteiger partial charge is 0.389 e. The van der Waals surface area contributed by atoms with E-state index in [1.165, 1.54) is 18.2 Å². The molecular formula is C11H13FN2O2. The van der Waals surface area contributed by atoms with Crippen LogP contribution in [0.2, 0.25) is 0 Å². The van der Waals surface area contributed by atoms with Crippen LogP contribution in [0.5, 0.6) is 0 Å². The van der Waals surface area contributed by atoms with Crippen LogP contribution in [0, 0.1) is 17.1 Å². The Balaban J connectivity index is 2.95. The van der Waals surface area contributed by atoms with Crippen LogP contribution in [-0.4, -0.2) is 22.9 Å². The molecule has 0 aliphatic carbocycles. The Morgan fingerprint density at radius 3 is 2.62 bits per heavy atom. The lowest BCUT2D eigenvalue weighted by molar-refractivity contribution is 0.0222. The Bertz CT molecular complexity index is 403. The van der Waals surface area contributed by atoms with Gasteiger partial charge in [-0.3, -0.25) is 0 Å². The van der Waals surface area contributed by atoms with Crippen LogP contribution in [-0.2, 0) is 6.42 Å². The third kappa shape index (κ3) is 2.76. The third-order valence-corrected chi connectivity index (χ3v) is 2.27. The van der Waals surface area contributed by atoms with E-state index in [1.54, 1.807) is 0 Å². The predicted molar refractivity (Wildman–Crippen MR) is 55.7 cm³/mol. The van der Waals surface area contributed by atoms with Gasteiger partial charge in [0.05, 0.1) is 18.6 Å². The van der Waals surface area contributed by atoms with Crippen molar-refractivity contribution in [3.63, 3.8) is 0 Å². The first-order valence-corrected chi connectivity index (χ1v) is 4.81. The summed E-state index contributed by atoms with van der Waals surface area (Å²) < 4.78 is 13.5. The molecule has 0 aliphatic heterocycles. The zero-order valence-electron chi connectivity index (χ0n) is 8.60. The minimum absolute atomic E-state index is 0.0142. The van der Waals surface area contributed by atoms with Gasteiger partial charge in [0.1, 0.15) is 11.9 Å². The maximum Gasteiger partial charge on any atom is 0.129 e. The summed E-state index contributed by atoms with van der Waals surface area (Å²) in [5, 5.41) is 27.3. The molecule has 0 bridgehead atoms. The summed E-state index contributed by atoms with van der Waals surface area (Å²) in [7, 11) is 0. The van der Waals surface area contributed by atoms with Gasteiger partial charge in [-0.2, -0.15) is 5.26 Å². The average molecular weight is 224 g/mol. The summed E-state index contributed by atoms with van der Waals surface area (Å²) in [6.07, 6.45) is -2.44. The average Bonchev–Trinajstić information content (AvgIpc) is 2.28. The van der Waals surface area contributed by atoms with Crippen molar-refractivity contribution in [3.8, 4) is 6.07 Å². The van der Waals surface area contributed by atoms with Crippen molar-refractivity contribution in [2.45, 2.75) is 18.6 Å². The van der Waals surface area contributed by atoms with Gasteiger partial charge in [0.2, 0.25) is 0 Å². The molecule has 0 fully saturated rings. The number of nitrogens with two attached hydrogens (primary N) is 1. The highest BCUT2D eigenvalue weighted by Gasteiger charge is 2.20. The van der Waals surface area contributed by atoms with Gasteiger partial charge >= 0.3 is 0 Å². The number of benzene rings is 1. The summed E-state index contributed by atoms with van der Waals surface area (Å²) in [5.41, 5.74) is 5.67. The second-order valence-corrected chi connectivity index (χ2v) is 3.44. The Labute approximate surface area is 92.7 Å². The van der Waals surface area contributed by atoms with Crippen molar-refractivity contribution < 1.29 is 14.6 Å². The molecule has 2 atom stereocenters. The highest BCUT2D eigenvalue weighted by molar-refractivity contribution is 5.28. The van der Waals surface area contributed by atoms with Crippen molar-refractivity contribution in [1.29, 1.82) is 5.26 Å². The van der Waals surface area contributed by atoms with Crippen LogP contribution in [0.25, 0.3) is 0 Å². The molecule has 16 heavy (non-hydrogen) atoms.